The first-order chi connectivity index (χ1) is 8.36. The molecule has 0 fully saturated rings. The van der Waals surface area contributed by atoms with Gasteiger partial charge in [-0.25, -0.2) is 9.97 Å². The maximum absolute atomic E-state index is 12.3. The summed E-state index contributed by atoms with van der Waals surface area (Å²) in [7, 11) is 0. The van der Waals surface area contributed by atoms with Gasteiger partial charge in [-0.3, -0.25) is 4.79 Å². The van der Waals surface area contributed by atoms with E-state index in [4.69, 9.17) is 0 Å². The zero-order valence-electron chi connectivity index (χ0n) is 8.87. The number of thiazole rings is 1. The Morgan fingerprint density at radius 3 is 3.18 bits per heavy atom. The average Bonchev–Trinajstić information content (AvgIpc) is 2.91. The highest BCUT2D eigenvalue weighted by atomic mass is 32.2. The molecule has 2 aromatic heterocycles. The molecule has 0 saturated carbocycles. The molecule has 3 rings (SSSR count). The van der Waals surface area contributed by atoms with Gasteiger partial charge >= 0.3 is 0 Å². The number of hydrogen-bond donors (Lipinski definition) is 0. The van der Waals surface area contributed by atoms with Crippen LogP contribution < -0.4 is 4.90 Å². The number of rotatable bonds is 1. The molecular weight excluding hydrogens is 254 g/mol. The molecule has 1 amide bonds. The molecule has 0 radical (unpaired) electrons. The van der Waals surface area contributed by atoms with Gasteiger partial charge in [0.05, 0.1) is 11.2 Å². The fraction of sp³-hybridized carbons (Fsp3) is 0.182. The van der Waals surface area contributed by atoms with Gasteiger partial charge in [-0.15, -0.1) is 23.1 Å². The van der Waals surface area contributed by atoms with Gasteiger partial charge < -0.3 is 4.90 Å². The van der Waals surface area contributed by atoms with Crippen molar-refractivity contribution >= 4 is 34.7 Å². The molecule has 0 N–H and O–H groups in total. The van der Waals surface area contributed by atoms with Crippen molar-refractivity contribution in [2.24, 2.45) is 0 Å². The van der Waals surface area contributed by atoms with Gasteiger partial charge in [0.1, 0.15) is 10.7 Å². The molecule has 6 heteroatoms. The predicted octanol–water partition coefficient (Wildman–Crippen LogP) is 2.29. The van der Waals surface area contributed by atoms with Crippen LogP contribution in [0.2, 0.25) is 0 Å². The minimum Gasteiger partial charge on any atom is -0.304 e. The van der Waals surface area contributed by atoms with E-state index in [1.807, 2.05) is 12.1 Å². The van der Waals surface area contributed by atoms with Crippen LogP contribution in [0.4, 0.5) is 5.69 Å². The van der Waals surface area contributed by atoms with E-state index in [1.165, 1.54) is 11.3 Å². The number of nitrogens with zero attached hydrogens (tertiary/aromatic N) is 3. The third-order valence-electron chi connectivity index (χ3n) is 2.49. The van der Waals surface area contributed by atoms with E-state index in [0.29, 0.717) is 12.2 Å². The summed E-state index contributed by atoms with van der Waals surface area (Å²) in [5.74, 6) is 0.834. The zero-order chi connectivity index (χ0) is 11.7. The van der Waals surface area contributed by atoms with Crippen LogP contribution in [0, 0.1) is 0 Å². The van der Waals surface area contributed by atoms with Gasteiger partial charge in [-0.1, -0.05) is 0 Å². The Bertz CT molecular complexity index is 541. The van der Waals surface area contributed by atoms with E-state index < -0.39 is 0 Å². The van der Waals surface area contributed by atoms with Crippen molar-refractivity contribution < 1.29 is 4.79 Å². The Labute approximate surface area is 107 Å². The molecular formula is C11H9N3OS2. The van der Waals surface area contributed by atoms with E-state index in [2.05, 4.69) is 9.97 Å². The van der Waals surface area contributed by atoms with E-state index in [-0.39, 0.29) is 5.91 Å². The highest BCUT2D eigenvalue weighted by Gasteiger charge is 2.25. The van der Waals surface area contributed by atoms with Crippen molar-refractivity contribution in [2.75, 3.05) is 17.2 Å². The topological polar surface area (TPSA) is 46.1 Å². The number of amides is 1. The second kappa shape index (κ2) is 4.46. The molecule has 0 aliphatic carbocycles. The van der Waals surface area contributed by atoms with Crippen LogP contribution in [0.5, 0.6) is 0 Å². The summed E-state index contributed by atoms with van der Waals surface area (Å²) in [5, 5.41) is 2.70. The number of hydrogen-bond acceptors (Lipinski definition) is 5. The summed E-state index contributed by atoms with van der Waals surface area (Å²) in [6, 6.07) is 3.78. The monoisotopic (exact) mass is 263 g/mol. The summed E-state index contributed by atoms with van der Waals surface area (Å²) in [4.78, 5) is 22.4. The Balaban J connectivity index is 1.98. The van der Waals surface area contributed by atoms with E-state index >= 15 is 0 Å². The molecule has 86 valence electrons. The van der Waals surface area contributed by atoms with Crippen molar-refractivity contribution in [3.8, 4) is 0 Å². The number of anilines is 1. The molecule has 1 aliphatic heterocycles. The van der Waals surface area contributed by atoms with Crippen LogP contribution in [0.3, 0.4) is 0 Å². The quantitative estimate of drug-likeness (QED) is 0.792. The van der Waals surface area contributed by atoms with Crippen LogP contribution >= 0.6 is 23.1 Å². The Morgan fingerprint density at radius 1 is 1.41 bits per heavy atom. The summed E-state index contributed by atoms with van der Waals surface area (Å²) in [6.45, 7) is 0.708. The maximum Gasteiger partial charge on any atom is 0.277 e. The highest BCUT2D eigenvalue weighted by Crippen LogP contribution is 2.33. The van der Waals surface area contributed by atoms with Crippen LogP contribution in [-0.2, 0) is 0 Å². The fourth-order valence-corrected chi connectivity index (χ4v) is 3.17. The number of fused-ring (bicyclic) bond motifs is 1. The lowest BCUT2D eigenvalue weighted by atomic mass is 10.3. The molecule has 17 heavy (non-hydrogen) atoms. The van der Waals surface area contributed by atoms with Gasteiger partial charge in [0.15, 0.2) is 0 Å². The first kappa shape index (κ1) is 10.7. The van der Waals surface area contributed by atoms with E-state index in [9.17, 15) is 4.79 Å². The molecule has 3 heterocycles. The Kier molecular flexibility index (Phi) is 2.82. The molecule has 2 aromatic rings. The van der Waals surface area contributed by atoms with E-state index in [1.54, 1.807) is 33.7 Å². The molecule has 0 unspecified atom stereocenters. The van der Waals surface area contributed by atoms with E-state index in [0.717, 1.165) is 16.5 Å². The lowest BCUT2D eigenvalue weighted by molar-refractivity contribution is 0.0983. The van der Waals surface area contributed by atoms with Gasteiger partial charge in [-0.05, 0) is 12.1 Å². The summed E-state index contributed by atoms with van der Waals surface area (Å²) in [6.07, 6.45) is 1.75. The fourth-order valence-electron chi connectivity index (χ4n) is 1.72. The van der Waals surface area contributed by atoms with Crippen LogP contribution in [0.25, 0.3) is 0 Å². The third-order valence-corrected chi connectivity index (χ3v) is 4.05. The normalized spacial score (nSPS) is 14.5. The second-order valence-corrected chi connectivity index (χ2v) is 5.31. The molecule has 4 nitrogen and oxygen atoms in total. The van der Waals surface area contributed by atoms with Crippen molar-refractivity contribution in [1.82, 2.24) is 9.97 Å². The highest BCUT2D eigenvalue weighted by molar-refractivity contribution is 7.99. The number of thioether (sulfide) groups is 1. The minimum atomic E-state index is -0.0409. The Morgan fingerprint density at radius 2 is 2.35 bits per heavy atom. The number of pyridine rings is 1. The zero-order valence-corrected chi connectivity index (χ0v) is 10.5. The molecule has 0 aromatic carbocycles. The van der Waals surface area contributed by atoms with Crippen molar-refractivity contribution in [2.45, 2.75) is 5.03 Å². The third kappa shape index (κ3) is 1.94. The molecule has 0 spiro atoms. The summed E-state index contributed by atoms with van der Waals surface area (Å²) >= 11 is 3.12. The van der Waals surface area contributed by atoms with Crippen LogP contribution in [-0.4, -0.2) is 28.2 Å². The minimum absolute atomic E-state index is 0.0409. The smallest absolute Gasteiger partial charge is 0.277 e. The molecule has 0 bridgehead atoms. The number of carbonyl (C=O) groups is 1. The molecule has 1 aliphatic rings. The first-order valence-corrected chi connectivity index (χ1v) is 7.07. The van der Waals surface area contributed by atoms with Gasteiger partial charge in [0.25, 0.3) is 5.91 Å². The lowest BCUT2D eigenvalue weighted by Crippen LogP contribution is -2.35. The lowest BCUT2D eigenvalue weighted by Gasteiger charge is -2.27. The van der Waals surface area contributed by atoms with Crippen LogP contribution in [0.15, 0.2) is 34.2 Å². The maximum atomic E-state index is 12.3. The summed E-state index contributed by atoms with van der Waals surface area (Å²) in [5.41, 5.74) is 3.08. The number of aromatic nitrogens is 2. The Hall–Kier alpha value is -1.40. The predicted molar refractivity (Wildman–Crippen MR) is 68.8 cm³/mol. The van der Waals surface area contributed by atoms with Crippen molar-refractivity contribution in [3.63, 3.8) is 0 Å². The second-order valence-electron chi connectivity index (χ2n) is 3.51. The average molecular weight is 263 g/mol. The van der Waals surface area contributed by atoms with Crippen molar-refractivity contribution in [1.29, 1.82) is 0 Å². The number of carbonyl (C=O) groups excluding carboxylic acids is 1. The molecule has 0 saturated heterocycles. The SMILES string of the molecule is O=C(c1cscn1)N1CCSc2ncccc21. The molecule has 0 atom stereocenters. The van der Waals surface area contributed by atoms with Gasteiger partial charge in [0.2, 0.25) is 0 Å². The standard InChI is InChI=1S/C11H9N3OS2/c15-11(8-6-16-7-13-8)14-4-5-17-10-9(14)2-1-3-12-10/h1-3,6-7H,4-5H2. The van der Waals surface area contributed by atoms with Crippen LogP contribution in [0.1, 0.15) is 10.5 Å². The van der Waals surface area contributed by atoms with Gasteiger partial charge in [0, 0.05) is 23.9 Å². The summed E-state index contributed by atoms with van der Waals surface area (Å²) < 4.78 is 0. The largest absolute Gasteiger partial charge is 0.304 e. The first-order valence-electron chi connectivity index (χ1n) is 5.14. The van der Waals surface area contributed by atoms with Crippen molar-refractivity contribution in [3.05, 3.63) is 34.9 Å². The van der Waals surface area contributed by atoms with Gasteiger partial charge in [-0.2, -0.15) is 0 Å².